The highest BCUT2D eigenvalue weighted by Gasteiger charge is 2.28. The number of likely N-dealkylation sites (tertiary alicyclic amines) is 1. The molecule has 0 spiro atoms. The molecule has 3 saturated heterocycles. The molecule has 23 heavy (non-hydrogen) atoms. The van der Waals surface area contributed by atoms with Gasteiger partial charge in [-0.05, 0) is 31.6 Å². The van der Waals surface area contributed by atoms with Gasteiger partial charge in [0.15, 0.2) is 0 Å². The molecule has 4 rings (SSSR count). The first-order chi connectivity index (χ1) is 11.3. The minimum absolute atomic E-state index is 0.233. The Morgan fingerprint density at radius 1 is 1.22 bits per heavy atom. The summed E-state index contributed by atoms with van der Waals surface area (Å²) in [5.74, 6) is 1.02. The summed E-state index contributed by atoms with van der Waals surface area (Å²) in [5, 5.41) is 4.53. The first kappa shape index (κ1) is 15.1. The van der Waals surface area contributed by atoms with E-state index in [0.717, 1.165) is 57.3 Å². The number of carbonyl (C=O) groups excluding carboxylic acids is 1. The van der Waals surface area contributed by atoms with Crippen molar-refractivity contribution < 1.29 is 9.53 Å². The second kappa shape index (κ2) is 6.61. The van der Waals surface area contributed by atoms with E-state index in [4.69, 9.17) is 4.74 Å². The minimum Gasteiger partial charge on any atom is -0.381 e. The van der Waals surface area contributed by atoms with Crippen molar-refractivity contribution in [2.24, 2.45) is 5.92 Å². The summed E-state index contributed by atoms with van der Waals surface area (Å²) < 4.78 is 7.52. The normalized spacial score (nSPS) is 27.2. The number of aromatic nitrogens is 2. The molecule has 1 aromatic heterocycles. The van der Waals surface area contributed by atoms with Gasteiger partial charge >= 0.3 is 0 Å². The standard InChI is InChI=1S/C17H26N4O2/c22-17-2-1-6-20(17)16-10-18-21(13-16)15-3-7-19(12-15)11-14-4-8-23-9-5-14/h10,13-15H,1-9,11-12H2. The summed E-state index contributed by atoms with van der Waals surface area (Å²) in [6.07, 6.45) is 9.10. The van der Waals surface area contributed by atoms with Crippen LogP contribution in [-0.2, 0) is 9.53 Å². The van der Waals surface area contributed by atoms with E-state index in [9.17, 15) is 4.79 Å². The first-order valence-electron chi connectivity index (χ1n) is 8.94. The predicted molar refractivity (Wildman–Crippen MR) is 87.5 cm³/mol. The maximum absolute atomic E-state index is 11.8. The maximum atomic E-state index is 11.8. The van der Waals surface area contributed by atoms with E-state index in [1.165, 1.54) is 19.4 Å². The summed E-state index contributed by atoms with van der Waals surface area (Å²) in [7, 11) is 0. The molecule has 0 aliphatic carbocycles. The van der Waals surface area contributed by atoms with Crippen molar-refractivity contribution in [1.82, 2.24) is 14.7 Å². The lowest BCUT2D eigenvalue weighted by Crippen LogP contribution is -2.31. The Morgan fingerprint density at radius 3 is 2.87 bits per heavy atom. The third-order valence-corrected chi connectivity index (χ3v) is 5.45. The Morgan fingerprint density at radius 2 is 2.09 bits per heavy atom. The number of amides is 1. The summed E-state index contributed by atoms with van der Waals surface area (Å²) in [4.78, 5) is 16.3. The molecule has 4 heterocycles. The van der Waals surface area contributed by atoms with Gasteiger partial charge in [0.25, 0.3) is 0 Å². The molecule has 1 unspecified atom stereocenters. The van der Waals surface area contributed by atoms with Gasteiger partial charge in [-0.3, -0.25) is 9.48 Å². The second-order valence-electron chi connectivity index (χ2n) is 7.09. The monoisotopic (exact) mass is 318 g/mol. The molecule has 0 saturated carbocycles. The minimum atomic E-state index is 0.233. The van der Waals surface area contributed by atoms with E-state index < -0.39 is 0 Å². The highest BCUT2D eigenvalue weighted by atomic mass is 16.5. The lowest BCUT2D eigenvalue weighted by atomic mass is 10.00. The molecule has 126 valence electrons. The van der Waals surface area contributed by atoms with Crippen LogP contribution in [-0.4, -0.2) is 60.0 Å². The molecule has 1 amide bonds. The second-order valence-corrected chi connectivity index (χ2v) is 7.09. The molecule has 3 fully saturated rings. The highest BCUT2D eigenvalue weighted by molar-refractivity contribution is 5.95. The number of hydrogen-bond donors (Lipinski definition) is 0. The molecule has 0 N–H and O–H groups in total. The molecule has 0 radical (unpaired) electrons. The molecule has 6 nitrogen and oxygen atoms in total. The van der Waals surface area contributed by atoms with Gasteiger partial charge in [-0.15, -0.1) is 0 Å². The third kappa shape index (κ3) is 3.28. The van der Waals surface area contributed by atoms with Crippen LogP contribution < -0.4 is 4.90 Å². The van der Waals surface area contributed by atoms with Crippen LogP contribution in [0.3, 0.4) is 0 Å². The summed E-state index contributed by atoms with van der Waals surface area (Å²) >= 11 is 0. The van der Waals surface area contributed by atoms with Crippen molar-refractivity contribution in [2.75, 3.05) is 44.3 Å². The number of carbonyl (C=O) groups is 1. The number of rotatable bonds is 4. The van der Waals surface area contributed by atoms with Gasteiger partial charge in [-0.1, -0.05) is 0 Å². The molecule has 0 bridgehead atoms. The zero-order valence-electron chi connectivity index (χ0n) is 13.7. The summed E-state index contributed by atoms with van der Waals surface area (Å²) in [6, 6.07) is 0.446. The SMILES string of the molecule is O=C1CCCN1c1cnn(C2CCN(CC3CCOCC3)C2)c1. The Labute approximate surface area is 137 Å². The lowest BCUT2D eigenvalue weighted by Gasteiger charge is -2.26. The van der Waals surface area contributed by atoms with Gasteiger partial charge < -0.3 is 14.5 Å². The predicted octanol–water partition coefficient (Wildman–Crippen LogP) is 1.68. The lowest BCUT2D eigenvalue weighted by molar-refractivity contribution is -0.117. The highest BCUT2D eigenvalue weighted by Crippen LogP contribution is 2.27. The maximum Gasteiger partial charge on any atom is 0.227 e. The Hall–Kier alpha value is -1.40. The molecular weight excluding hydrogens is 292 g/mol. The topological polar surface area (TPSA) is 50.6 Å². The first-order valence-corrected chi connectivity index (χ1v) is 8.94. The van der Waals surface area contributed by atoms with Gasteiger partial charge in [0.1, 0.15) is 0 Å². The molecule has 3 aliphatic rings. The van der Waals surface area contributed by atoms with E-state index in [2.05, 4.69) is 20.9 Å². The largest absolute Gasteiger partial charge is 0.381 e. The van der Waals surface area contributed by atoms with E-state index in [1.807, 2.05) is 11.1 Å². The fourth-order valence-corrected chi connectivity index (χ4v) is 4.08. The molecule has 3 aliphatic heterocycles. The zero-order valence-corrected chi connectivity index (χ0v) is 13.7. The van der Waals surface area contributed by atoms with Crippen LogP contribution in [0.1, 0.15) is 38.1 Å². The quantitative estimate of drug-likeness (QED) is 0.847. The van der Waals surface area contributed by atoms with E-state index >= 15 is 0 Å². The van der Waals surface area contributed by atoms with Crippen LogP contribution in [0.4, 0.5) is 5.69 Å². The smallest absolute Gasteiger partial charge is 0.227 e. The summed E-state index contributed by atoms with van der Waals surface area (Å²) in [6.45, 7) is 6.11. The number of hydrogen-bond acceptors (Lipinski definition) is 4. The van der Waals surface area contributed by atoms with E-state index in [1.54, 1.807) is 0 Å². The Bertz CT molecular complexity index is 553. The number of ether oxygens (including phenoxy) is 1. The van der Waals surface area contributed by atoms with Gasteiger partial charge in [-0.2, -0.15) is 5.10 Å². The molecule has 6 heteroatoms. The summed E-state index contributed by atoms with van der Waals surface area (Å²) in [5.41, 5.74) is 0.968. The van der Waals surface area contributed by atoms with Crippen molar-refractivity contribution in [3.63, 3.8) is 0 Å². The fourth-order valence-electron chi connectivity index (χ4n) is 4.08. The molecular formula is C17H26N4O2. The van der Waals surface area contributed by atoms with Crippen LogP contribution in [0, 0.1) is 5.92 Å². The van der Waals surface area contributed by atoms with E-state index in [-0.39, 0.29) is 5.91 Å². The zero-order chi connectivity index (χ0) is 15.6. The van der Waals surface area contributed by atoms with Crippen LogP contribution in [0.5, 0.6) is 0 Å². The average molecular weight is 318 g/mol. The third-order valence-electron chi connectivity index (χ3n) is 5.45. The van der Waals surface area contributed by atoms with Gasteiger partial charge in [0.2, 0.25) is 5.91 Å². The van der Waals surface area contributed by atoms with Crippen molar-refractivity contribution >= 4 is 11.6 Å². The fraction of sp³-hybridized carbons (Fsp3) is 0.765. The van der Waals surface area contributed by atoms with Gasteiger partial charge in [0.05, 0.1) is 17.9 Å². The molecule has 0 aromatic carbocycles. The van der Waals surface area contributed by atoms with Crippen LogP contribution in [0.15, 0.2) is 12.4 Å². The van der Waals surface area contributed by atoms with Gasteiger partial charge in [-0.25, -0.2) is 0 Å². The van der Waals surface area contributed by atoms with E-state index in [0.29, 0.717) is 12.5 Å². The van der Waals surface area contributed by atoms with Crippen molar-refractivity contribution in [3.8, 4) is 0 Å². The number of anilines is 1. The molecule has 1 atom stereocenters. The Kier molecular flexibility index (Phi) is 4.35. The van der Waals surface area contributed by atoms with Crippen LogP contribution >= 0.6 is 0 Å². The Balaban J connectivity index is 1.34. The number of nitrogens with zero attached hydrogens (tertiary/aromatic N) is 4. The van der Waals surface area contributed by atoms with Crippen LogP contribution in [0.2, 0.25) is 0 Å². The van der Waals surface area contributed by atoms with Crippen molar-refractivity contribution in [2.45, 2.75) is 38.1 Å². The average Bonchev–Trinajstić information content (AvgIpc) is 3.28. The molecule has 1 aromatic rings. The van der Waals surface area contributed by atoms with Crippen LogP contribution in [0.25, 0.3) is 0 Å². The van der Waals surface area contributed by atoms with Gasteiger partial charge in [0, 0.05) is 52.0 Å². The van der Waals surface area contributed by atoms with Crippen molar-refractivity contribution in [1.29, 1.82) is 0 Å². The van der Waals surface area contributed by atoms with Crippen molar-refractivity contribution in [3.05, 3.63) is 12.4 Å².